The Balaban J connectivity index is 1.75. The number of hydrogen-bond donors (Lipinski definition) is 1. The largest absolute Gasteiger partial charge is 0.325 e. The first kappa shape index (κ1) is 22.6. The van der Waals surface area contributed by atoms with E-state index in [1.165, 1.54) is 23.7 Å². The number of thiophene rings is 1. The molecule has 0 spiro atoms. The van der Waals surface area contributed by atoms with Crippen LogP contribution in [0.1, 0.15) is 49.9 Å². The van der Waals surface area contributed by atoms with Crippen LogP contribution in [-0.4, -0.2) is 16.1 Å². The van der Waals surface area contributed by atoms with Crippen LogP contribution in [0.4, 0.5) is 5.69 Å². The summed E-state index contributed by atoms with van der Waals surface area (Å²) in [5.74, 6) is 0.0237. The average Bonchev–Trinajstić information content (AvgIpc) is 3.22. The zero-order valence-corrected chi connectivity index (χ0v) is 20.1. The van der Waals surface area contributed by atoms with E-state index >= 15 is 0 Å². The Morgan fingerprint density at radius 2 is 1.91 bits per heavy atom. The fraction of sp³-hybridized carbons (Fsp3) is 0.346. The monoisotopic (exact) mass is 461 g/mol. The van der Waals surface area contributed by atoms with Crippen molar-refractivity contribution in [1.29, 1.82) is 5.26 Å². The molecule has 1 N–H and O–H groups in total. The first-order valence-electron chi connectivity index (χ1n) is 11.1. The summed E-state index contributed by atoms with van der Waals surface area (Å²) >= 11 is 3.09. The number of pyridine rings is 1. The molecule has 2 aromatic heterocycles. The second kappa shape index (κ2) is 10.3. The van der Waals surface area contributed by atoms with Gasteiger partial charge in [0.25, 0.3) is 0 Å². The topological polar surface area (TPSA) is 65.8 Å². The van der Waals surface area contributed by atoms with Crippen LogP contribution < -0.4 is 5.32 Å². The van der Waals surface area contributed by atoms with E-state index in [0.29, 0.717) is 10.6 Å². The van der Waals surface area contributed by atoms with E-state index in [1.807, 2.05) is 50.2 Å². The smallest absolute Gasteiger partial charge is 0.238 e. The minimum atomic E-state index is -0.352. The molecule has 1 amide bonds. The van der Waals surface area contributed by atoms with Crippen molar-refractivity contribution < 1.29 is 4.79 Å². The summed E-state index contributed by atoms with van der Waals surface area (Å²) in [6, 6.07) is 16.1. The quantitative estimate of drug-likeness (QED) is 0.327. The first-order chi connectivity index (χ1) is 15.6. The highest BCUT2D eigenvalue weighted by Gasteiger charge is 2.29. The number of carbonyl (C=O) groups is 1. The van der Waals surface area contributed by atoms with Crippen molar-refractivity contribution in [1.82, 2.24) is 4.98 Å². The molecule has 1 atom stereocenters. The maximum atomic E-state index is 13.2. The van der Waals surface area contributed by atoms with Gasteiger partial charge in [0.2, 0.25) is 5.91 Å². The molecule has 1 unspecified atom stereocenters. The number of nitrogens with one attached hydrogen (secondary N) is 1. The third-order valence-corrected chi connectivity index (χ3v) is 8.13. The lowest BCUT2D eigenvalue weighted by Crippen LogP contribution is -2.30. The summed E-state index contributed by atoms with van der Waals surface area (Å²) in [6.45, 7) is 4.08. The van der Waals surface area contributed by atoms with Crippen molar-refractivity contribution in [2.75, 3.05) is 5.32 Å². The minimum Gasteiger partial charge on any atom is -0.325 e. The van der Waals surface area contributed by atoms with Crippen LogP contribution in [0.3, 0.4) is 0 Å². The Morgan fingerprint density at radius 1 is 1.12 bits per heavy atom. The summed E-state index contributed by atoms with van der Waals surface area (Å²) in [5.41, 5.74) is 4.73. The van der Waals surface area contributed by atoms with E-state index in [2.05, 4.69) is 22.8 Å². The Morgan fingerprint density at radius 3 is 2.59 bits per heavy atom. The molecule has 32 heavy (non-hydrogen) atoms. The van der Waals surface area contributed by atoms with Crippen LogP contribution in [0.25, 0.3) is 10.4 Å². The molecule has 0 aliphatic heterocycles. The van der Waals surface area contributed by atoms with Crippen molar-refractivity contribution in [3.8, 4) is 16.5 Å². The number of nitrogens with zero attached hydrogens (tertiary/aromatic N) is 2. The van der Waals surface area contributed by atoms with Crippen molar-refractivity contribution in [2.24, 2.45) is 5.92 Å². The van der Waals surface area contributed by atoms with Gasteiger partial charge in [0.15, 0.2) is 0 Å². The van der Waals surface area contributed by atoms with Crippen LogP contribution in [0.2, 0.25) is 0 Å². The number of hydrogen-bond acceptors (Lipinski definition) is 5. The number of anilines is 1. The predicted octanol–water partition coefficient (Wildman–Crippen LogP) is 6.71. The van der Waals surface area contributed by atoms with Crippen LogP contribution in [0.5, 0.6) is 0 Å². The van der Waals surface area contributed by atoms with Gasteiger partial charge in [-0.05, 0) is 60.7 Å². The molecule has 3 aromatic rings. The van der Waals surface area contributed by atoms with Gasteiger partial charge in [-0.1, -0.05) is 56.3 Å². The molecule has 1 aromatic carbocycles. The van der Waals surface area contributed by atoms with E-state index in [-0.39, 0.29) is 17.1 Å². The normalized spacial score (nSPS) is 14.3. The van der Waals surface area contributed by atoms with E-state index in [9.17, 15) is 10.1 Å². The molecule has 0 saturated carbocycles. The van der Waals surface area contributed by atoms with Gasteiger partial charge in [0.05, 0.1) is 10.8 Å². The highest BCUT2D eigenvalue weighted by Crippen LogP contribution is 2.41. The number of para-hydroxylation sites is 1. The number of carbonyl (C=O) groups excluding carboxylic acids is 1. The maximum absolute atomic E-state index is 13.2. The van der Waals surface area contributed by atoms with E-state index in [0.717, 1.165) is 47.5 Å². The maximum Gasteiger partial charge on any atom is 0.238 e. The summed E-state index contributed by atoms with van der Waals surface area (Å²) in [4.78, 5) is 19.3. The Kier molecular flexibility index (Phi) is 7.29. The van der Waals surface area contributed by atoms with E-state index in [4.69, 9.17) is 4.98 Å². The lowest BCUT2D eigenvalue weighted by Gasteiger charge is -2.22. The lowest BCUT2D eigenvalue weighted by molar-refractivity contribution is -0.116. The van der Waals surface area contributed by atoms with Crippen LogP contribution in [0.15, 0.2) is 52.9 Å². The molecule has 1 aliphatic rings. The molecular weight excluding hydrogens is 434 g/mol. The summed E-state index contributed by atoms with van der Waals surface area (Å²) in [7, 11) is 0. The Bertz CT molecular complexity index is 1120. The molecule has 164 valence electrons. The zero-order chi connectivity index (χ0) is 22.5. The third kappa shape index (κ3) is 4.90. The molecule has 0 radical (unpaired) electrons. The number of benzene rings is 1. The van der Waals surface area contributed by atoms with Gasteiger partial charge in [-0.2, -0.15) is 5.26 Å². The van der Waals surface area contributed by atoms with Crippen LogP contribution in [-0.2, 0) is 17.6 Å². The van der Waals surface area contributed by atoms with Gasteiger partial charge < -0.3 is 5.32 Å². The SMILES string of the molecule is CC(C)C(Sc1nc2c(c(-c3cccs3)c1C#N)CCCCC2)C(=O)Nc1ccccc1. The standard InChI is InChI=1S/C26H27N3OS2/c1-17(2)24(25(30)28-18-10-5-3-6-11-18)32-26-20(16-27)23(22-14-9-15-31-22)19-12-7-4-8-13-21(19)29-26/h3,5-6,9-11,14-15,17,24H,4,7-8,12-13H2,1-2H3,(H,28,30). The number of fused-ring (bicyclic) bond motifs is 1. The number of amides is 1. The fourth-order valence-electron chi connectivity index (χ4n) is 4.12. The lowest BCUT2D eigenvalue weighted by atomic mass is 9.97. The molecule has 1 aliphatic carbocycles. The van der Waals surface area contributed by atoms with Crippen molar-refractivity contribution >= 4 is 34.7 Å². The van der Waals surface area contributed by atoms with Gasteiger partial charge in [-0.15, -0.1) is 11.3 Å². The number of aryl methyl sites for hydroxylation is 1. The number of aromatic nitrogens is 1. The van der Waals surface area contributed by atoms with E-state index < -0.39 is 0 Å². The van der Waals surface area contributed by atoms with Gasteiger partial charge in [-0.3, -0.25) is 4.79 Å². The van der Waals surface area contributed by atoms with Crippen LogP contribution in [0, 0.1) is 17.2 Å². The van der Waals surface area contributed by atoms with Gasteiger partial charge in [-0.25, -0.2) is 4.98 Å². The molecular formula is C26H27N3OS2. The fourth-order valence-corrected chi connectivity index (χ4v) is 6.04. The van der Waals surface area contributed by atoms with Crippen molar-refractivity contribution in [3.05, 3.63) is 64.7 Å². The molecule has 4 nitrogen and oxygen atoms in total. The van der Waals surface area contributed by atoms with Gasteiger partial charge in [0, 0.05) is 21.8 Å². The predicted molar refractivity (Wildman–Crippen MR) is 133 cm³/mol. The van der Waals surface area contributed by atoms with Crippen LogP contribution >= 0.6 is 23.1 Å². The van der Waals surface area contributed by atoms with Crippen molar-refractivity contribution in [3.63, 3.8) is 0 Å². The second-order valence-electron chi connectivity index (χ2n) is 8.38. The highest BCUT2D eigenvalue weighted by molar-refractivity contribution is 8.00. The summed E-state index contributed by atoms with van der Waals surface area (Å²) < 4.78 is 0. The summed E-state index contributed by atoms with van der Waals surface area (Å²) in [5, 5.41) is 15.6. The molecule has 2 heterocycles. The summed E-state index contributed by atoms with van der Waals surface area (Å²) in [6.07, 6.45) is 5.30. The van der Waals surface area contributed by atoms with Crippen molar-refractivity contribution in [2.45, 2.75) is 56.2 Å². The van der Waals surface area contributed by atoms with Gasteiger partial charge in [0.1, 0.15) is 11.1 Å². The molecule has 4 rings (SSSR count). The number of thioether (sulfide) groups is 1. The second-order valence-corrected chi connectivity index (χ2v) is 10.5. The molecule has 0 fully saturated rings. The van der Waals surface area contributed by atoms with E-state index in [1.54, 1.807) is 11.3 Å². The molecule has 6 heteroatoms. The Hall–Kier alpha value is -2.62. The first-order valence-corrected chi connectivity index (χ1v) is 12.9. The molecule has 0 saturated heterocycles. The number of nitriles is 1. The molecule has 0 bridgehead atoms. The Labute approximate surface area is 198 Å². The third-order valence-electron chi connectivity index (χ3n) is 5.71. The highest BCUT2D eigenvalue weighted by atomic mass is 32.2. The number of rotatable bonds is 6. The van der Waals surface area contributed by atoms with Gasteiger partial charge >= 0.3 is 0 Å². The average molecular weight is 462 g/mol. The zero-order valence-electron chi connectivity index (χ0n) is 18.4. The minimum absolute atomic E-state index is 0.0606.